The van der Waals surface area contributed by atoms with Crippen LogP contribution in [-0.2, 0) is 22.4 Å². The van der Waals surface area contributed by atoms with E-state index in [2.05, 4.69) is 0 Å². The molecule has 0 fully saturated rings. The summed E-state index contributed by atoms with van der Waals surface area (Å²) < 4.78 is 0. The number of nitrogens with zero attached hydrogens (tertiary/aromatic N) is 1. The van der Waals surface area contributed by atoms with E-state index < -0.39 is 0 Å². The number of aryl methyl sites for hydroxylation is 1. The summed E-state index contributed by atoms with van der Waals surface area (Å²) in [4.78, 5) is 39.0. The number of amides is 2. The Morgan fingerprint density at radius 1 is 1.00 bits per heavy atom. The molecule has 1 heterocycles. The van der Waals surface area contributed by atoms with E-state index >= 15 is 0 Å². The van der Waals surface area contributed by atoms with E-state index in [0.717, 1.165) is 11.1 Å². The number of carbonyl (C=O) groups is 3. The van der Waals surface area contributed by atoms with Gasteiger partial charge < -0.3 is 0 Å². The SMILES string of the molecule is O=C1CCCN(C(=O)Cc2ccccc2)C(=O)CCc2cc(Cl)ccc21. The maximum absolute atomic E-state index is 12.6. The Hall–Kier alpha value is -2.46. The van der Waals surface area contributed by atoms with E-state index in [1.165, 1.54) is 4.90 Å². The van der Waals surface area contributed by atoms with Crippen LogP contribution >= 0.6 is 11.6 Å². The van der Waals surface area contributed by atoms with Crippen molar-refractivity contribution < 1.29 is 14.4 Å². The van der Waals surface area contributed by atoms with Gasteiger partial charge in [-0.2, -0.15) is 0 Å². The fourth-order valence-electron chi connectivity index (χ4n) is 3.20. The third kappa shape index (κ3) is 4.38. The minimum atomic E-state index is -0.222. The molecule has 134 valence electrons. The molecule has 0 bridgehead atoms. The molecule has 0 unspecified atom stereocenters. The highest BCUT2D eigenvalue weighted by molar-refractivity contribution is 6.30. The first kappa shape index (κ1) is 18.3. The molecule has 0 aromatic heterocycles. The van der Waals surface area contributed by atoms with Gasteiger partial charge in [-0.05, 0) is 42.2 Å². The van der Waals surface area contributed by atoms with Gasteiger partial charge in [0.1, 0.15) is 0 Å². The Morgan fingerprint density at radius 2 is 1.77 bits per heavy atom. The predicted octanol–water partition coefficient (Wildman–Crippen LogP) is 3.85. The second kappa shape index (κ2) is 8.28. The number of fused-ring (bicyclic) bond motifs is 1. The van der Waals surface area contributed by atoms with Crippen LogP contribution in [0.25, 0.3) is 0 Å². The Balaban J connectivity index is 1.77. The Bertz CT molecular complexity index is 832. The van der Waals surface area contributed by atoms with Crippen LogP contribution in [0, 0.1) is 0 Å². The number of Topliss-reactive ketones (excluding diaryl/α,β-unsaturated/α-hetero) is 1. The maximum Gasteiger partial charge on any atom is 0.233 e. The third-order valence-corrected chi connectivity index (χ3v) is 4.80. The molecule has 26 heavy (non-hydrogen) atoms. The fourth-order valence-corrected chi connectivity index (χ4v) is 3.40. The van der Waals surface area contributed by atoms with Crippen LogP contribution in [-0.4, -0.2) is 29.0 Å². The summed E-state index contributed by atoms with van der Waals surface area (Å²) >= 11 is 6.04. The summed E-state index contributed by atoms with van der Waals surface area (Å²) in [6, 6.07) is 14.5. The molecule has 1 aliphatic heterocycles. The van der Waals surface area contributed by atoms with Crippen LogP contribution in [0.4, 0.5) is 0 Å². The molecule has 0 saturated heterocycles. The van der Waals surface area contributed by atoms with Crippen LogP contribution in [0.5, 0.6) is 0 Å². The van der Waals surface area contributed by atoms with Crippen molar-refractivity contribution in [1.82, 2.24) is 4.90 Å². The zero-order valence-corrected chi connectivity index (χ0v) is 15.2. The summed E-state index contributed by atoms with van der Waals surface area (Å²) in [6.07, 6.45) is 1.53. The van der Waals surface area contributed by atoms with Crippen LogP contribution in [0.3, 0.4) is 0 Å². The van der Waals surface area contributed by atoms with Gasteiger partial charge >= 0.3 is 0 Å². The van der Waals surface area contributed by atoms with Crippen molar-refractivity contribution in [2.75, 3.05) is 6.54 Å². The van der Waals surface area contributed by atoms with Crippen LogP contribution in [0.1, 0.15) is 40.7 Å². The zero-order chi connectivity index (χ0) is 18.5. The van der Waals surface area contributed by atoms with E-state index in [-0.39, 0.29) is 37.0 Å². The maximum atomic E-state index is 12.6. The fraction of sp³-hybridized carbons (Fsp3) is 0.286. The molecule has 2 aromatic carbocycles. The minimum absolute atomic E-state index is 0.0291. The lowest BCUT2D eigenvalue weighted by Gasteiger charge is -2.22. The molecule has 2 aromatic rings. The molecule has 0 atom stereocenters. The molecule has 0 aliphatic carbocycles. The number of carbonyl (C=O) groups excluding carboxylic acids is 3. The lowest BCUT2D eigenvalue weighted by Crippen LogP contribution is -2.39. The van der Waals surface area contributed by atoms with Crippen LogP contribution in [0.2, 0.25) is 5.02 Å². The molecule has 3 rings (SSSR count). The lowest BCUT2D eigenvalue weighted by molar-refractivity contribution is -0.144. The summed E-state index contributed by atoms with van der Waals surface area (Å²) in [6.45, 7) is 0.277. The Morgan fingerprint density at radius 3 is 2.54 bits per heavy atom. The Labute approximate surface area is 157 Å². The number of ketones is 1. The normalized spacial score (nSPS) is 15.5. The van der Waals surface area contributed by atoms with Crippen molar-refractivity contribution in [3.8, 4) is 0 Å². The number of halogens is 1. The first-order valence-electron chi connectivity index (χ1n) is 8.73. The van der Waals surface area contributed by atoms with Crippen molar-refractivity contribution >= 4 is 29.2 Å². The molecule has 1 aliphatic rings. The smallest absolute Gasteiger partial charge is 0.233 e. The van der Waals surface area contributed by atoms with Gasteiger partial charge in [0.05, 0.1) is 6.42 Å². The summed E-state index contributed by atoms with van der Waals surface area (Å²) in [5.74, 6) is -0.395. The quantitative estimate of drug-likeness (QED) is 0.808. The topological polar surface area (TPSA) is 54.5 Å². The van der Waals surface area contributed by atoms with E-state index in [9.17, 15) is 14.4 Å². The highest BCUT2D eigenvalue weighted by Crippen LogP contribution is 2.21. The van der Waals surface area contributed by atoms with Crippen molar-refractivity contribution in [2.45, 2.75) is 32.1 Å². The summed E-state index contributed by atoms with van der Waals surface area (Å²) in [5, 5.41) is 0.540. The zero-order valence-electron chi connectivity index (χ0n) is 14.4. The standard InChI is InChI=1S/C21H20ClNO3/c22-17-9-10-18-16(14-17)8-11-20(25)23(12-4-7-19(18)24)21(26)13-15-5-2-1-3-6-15/h1-3,5-6,9-10,14H,4,7-8,11-13H2. The van der Waals surface area contributed by atoms with Crippen molar-refractivity contribution in [3.63, 3.8) is 0 Å². The van der Waals surface area contributed by atoms with E-state index in [1.54, 1.807) is 18.2 Å². The van der Waals surface area contributed by atoms with E-state index in [1.807, 2.05) is 30.3 Å². The van der Waals surface area contributed by atoms with Gasteiger partial charge in [0.2, 0.25) is 11.8 Å². The van der Waals surface area contributed by atoms with Gasteiger partial charge in [0.25, 0.3) is 0 Å². The number of imide groups is 1. The predicted molar refractivity (Wildman–Crippen MR) is 100 cm³/mol. The van der Waals surface area contributed by atoms with E-state index in [4.69, 9.17) is 11.6 Å². The number of rotatable bonds is 2. The van der Waals surface area contributed by atoms with Gasteiger partial charge in [-0.1, -0.05) is 41.9 Å². The van der Waals surface area contributed by atoms with Gasteiger partial charge in [0, 0.05) is 30.0 Å². The average Bonchev–Trinajstić information content (AvgIpc) is 2.63. The minimum Gasteiger partial charge on any atom is -0.294 e. The van der Waals surface area contributed by atoms with Gasteiger partial charge in [-0.3, -0.25) is 19.3 Å². The monoisotopic (exact) mass is 369 g/mol. The molecular formula is C21H20ClNO3. The highest BCUT2D eigenvalue weighted by Gasteiger charge is 2.24. The van der Waals surface area contributed by atoms with Gasteiger partial charge in [-0.15, -0.1) is 0 Å². The second-order valence-electron chi connectivity index (χ2n) is 6.43. The average molecular weight is 370 g/mol. The van der Waals surface area contributed by atoms with Gasteiger partial charge in [0.15, 0.2) is 5.78 Å². The third-order valence-electron chi connectivity index (χ3n) is 4.56. The van der Waals surface area contributed by atoms with Crippen LogP contribution in [0.15, 0.2) is 48.5 Å². The number of hydrogen-bond donors (Lipinski definition) is 0. The summed E-state index contributed by atoms with van der Waals surface area (Å²) in [7, 11) is 0. The Kier molecular flexibility index (Phi) is 5.84. The molecule has 0 saturated carbocycles. The summed E-state index contributed by atoms with van der Waals surface area (Å²) in [5.41, 5.74) is 2.27. The highest BCUT2D eigenvalue weighted by atomic mass is 35.5. The lowest BCUT2D eigenvalue weighted by atomic mass is 9.96. The number of hydrogen-bond acceptors (Lipinski definition) is 3. The molecule has 0 N–H and O–H groups in total. The largest absolute Gasteiger partial charge is 0.294 e. The molecule has 0 spiro atoms. The molecular weight excluding hydrogens is 350 g/mol. The van der Waals surface area contributed by atoms with Gasteiger partial charge in [-0.25, -0.2) is 0 Å². The first-order valence-corrected chi connectivity index (χ1v) is 9.11. The molecule has 0 radical (unpaired) electrons. The van der Waals surface area contributed by atoms with Crippen molar-refractivity contribution in [1.29, 1.82) is 0 Å². The molecule has 4 nitrogen and oxygen atoms in total. The molecule has 5 heteroatoms. The molecule has 2 amide bonds. The second-order valence-corrected chi connectivity index (χ2v) is 6.87. The number of benzene rings is 2. The van der Waals surface area contributed by atoms with E-state index in [0.29, 0.717) is 29.8 Å². The van der Waals surface area contributed by atoms with Crippen molar-refractivity contribution in [2.24, 2.45) is 0 Å². The van der Waals surface area contributed by atoms with Crippen molar-refractivity contribution in [3.05, 3.63) is 70.2 Å². The first-order chi connectivity index (χ1) is 12.5. The van der Waals surface area contributed by atoms with Crippen LogP contribution < -0.4 is 0 Å².